The van der Waals surface area contributed by atoms with Crippen LogP contribution in [-0.4, -0.2) is 28.5 Å². The Labute approximate surface area is 95.0 Å². The summed E-state index contributed by atoms with van der Waals surface area (Å²) in [6.45, 7) is 1.65. The van der Waals surface area contributed by atoms with Gasteiger partial charge in [-0.1, -0.05) is 6.92 Å². The van der Waals surface area contributed by atoms with E-state index in [1.54, 1.807) is 12.3 Å². The van der Waals surface area contributed by atoms with Crippen LogP contribution in [-0.2, 0) is 4.79 Å². The van der Waals surface area contributed by atoms with Crippen molar-refractivity contribution in [3.63, 3.8) is 0 Å². The van der Waals surface area contributed by atoms with Gasteiger partial charge in [0.05, 0.1) is 5.92 Å². The molecule has 0 aliphatic rings. The largest absolute Gasteiger partial charge is 0.481 e. The Kier molecular flexibility index (Phi) is 3.90. The number of aliphatic carboxylic acids is 1. The highest BCUT2D eigenvalue weighted by Gasteiger charge is 2.13. The van der Waals surface area contributed by atoms with Gasteiger partial charge in [0.2, 0.25) is 0 Å². The summed E-state index contributed by atoms with van der Waals surface area (Å²) in [5.41, 5.74) is 0.402. The van der Waals surface area contributed by atoms with Gasteiger partial charge in [-0.15, -0.1) is 0 Å². The van der Waals surface area contributed by atoms with Gasteiger partial charge < -0.3 is 15.4 Å². The smallest absolute Gasteiger partial charge is 0.308 e. The number of carboxylic acids is 1. The third-order valence-corrected chi connectivity index (χ3v) is 2.34. The first kappa shape index (κ1) is 11.8. The van der Waals surface area contributed by atoms with Crippen LogP contribution in [0.4, 0.5) is 0 Å². The van der Waals surface area contributed by atoms with Crippen LogP contribution < -0.4 is 5.32 Å². The molecule has 0 radical (unpaired) electrons. The number of nitrogens with one attached hydrogen (secondary N) is 2. The molecule has 1 aromatic heterocycles. The van der Waals surface area contributed by atoms with Crippen molar-refractivity contribution in [2.75, 3.05) is 6.54 Å². The quantitative estimate of drug-likeness (QED) is 0.772. The second-order valence-electron chi connectivity index (χ2n) is 3.18. The van der Waals surface area contributed by atoms with Crippen molar-refractivity contribution in [3.8, 4) is 0 Å². The van der Waals surface area contributed by atoms with Gasteiger partial charge in [-0.05, 0) is 22.0 Å². The van der Waals surface area contributed by atoms with Gasteiger partial charge in [0.1, 0.15) is 5.69 Å². The average Bonchev–Trinajstić information content (AvgIpc) is 2.60. The highest BCUT2D eigenvalue weighted by Crippen LogP contribution is 2.10. The van der Waals surface area contributed by atoms with Crippen LogP contribution >= 0.6 is 15.9 Å². The zero-order chi connectivity index (χ0) is 11.4. The topological polar surface area (TPSA) is 82.2 Å². The fourth-order valence-electron chi connectivity index (χ4n) is 0.927. The van der Waals surface area contributed by atoms with Crippen LogP contribution in [0.2, 0.25) is 0 Å². The molecule has 0 aromatic carbocycles. The number of carbonyl (C=O) groups excluding carboxylic acids is 1. The minimum atomic E-state index is -0.928. The second kappa shape index (κ2) is 4.97. The predicted octanol–water partition coefficient (Wildman–Crippen LogP) is 1.23. The van der Waals surface area contributed by atoms with E-state index in [1.165, 1.54) is 6.92 Å². The first-order valence-corrected chi connectivity index (χ1v) is 5.15. The number of aromatic amines is 1. The average molecular weight is 275 g/mol. The SMILES string of the molecule is C[C@@H](CNC(=O)c1cc(Br)c[nH]1)C(=O)O. The van der Waals surface area contributed by atoms with E-state index in [4.69, 9.17) is 5.11 Å². The van der Waals surface area contributed by atoms with Crippen molar-refractivity contribution in [3.05, 3.63) is 22.4 Å². The highest BCUT2D eigenvalue weighted by molar-refractivity contribution is 9.10. The Bertz CT molecular complexity index is 375. The van der Waals surface area contributed by atoms with E-state index < -0.39 is 11.9 Å². The van der Waals surface area contributed by atoms with Crippen LogP contribution in [0.15, 0.2) is 16.7 Å². The van der Waals surface area contributed by atoms with Gasteiger partial charge in [0.15, 0.2) is 0 Å². The molecule has 1 amide bonds. The first-order chi connectivity index (χ1) is 7.00. The maximum Gasteiger partial charge on any atom is 0.308 e. The Morgan fingerprint density at radius 1 is 1.67 bits per heavy atom. The van der Waals surface area contributed by atoms with Crippen LogP contribution in [0.25, 0.3) is 0 Å². The number of hydrogen-bond acceptors (Lipinski definition) is 2. The van der Waals surface area contributed by atoms with Crippen molar-refractivity contribution in [2.24, 2.45) is 5.92 Å². The molecule has 1 atom stereocenters. The molecule has 3 N–H and O–H groups in total. The molecule has 6 heteroatoms. The van der Waals surface area contributed by atoms with Crippen LogP contribution in [0.5, 0.6) is 0 Å². The van der Waals surface area contributed by atoms with Crippen molar-refractivity contribution in [2.45, 2.75) is 6.92 Å². The molecule has 0 unspecified atom stereocenters. The molecule has 0 spiro atoms. The van der Waals surface area contributed by atoms with Crippen LogP contribution in [0.3, 0.4) is 0 Å². The number of rotatable bonds is 4. The summed E-state index contributed by atoms with van der Waals surface area (Å²) < 4.78 is 0.777. The van der Waals surface area contributed by atoms with E-state index in [-0.39, 0.29) is 12.5 Å². The van der Waals surface area contributed by atoms with Crippen LogP contribution in [0, 0.1) is 5.92 Å². The molecule has 0 aliphatic carbocycles. The molecule has 15 heavy (non-hydrogen) atoms. The zero-order valence-corrected chi connectivity index (χ0v) is 9.67. The highest BCUT2D eigenvalue weighted by atomic mass is 79.9. The number of aromatic nitrogens is 1. The van der Waals surface area contributed by atoms with Crippen molar-refractivity contribution in [1.29, 1.82) is 0 Å². The van der Waals surface area contributed by atoms with E-state index in [9.17, 15) is 9.59 Å². The summed E-state index contributed by atoms with van der Waals surface area (Å²) in [6.07, 6.45) is 1.63. The summed E-state index contributed by atoms with van der Waals surface area (Å²) in [4.78, 5) is 24.7. The number of carbonyl (C=O) groups is 2. The van der Waals surface area contributed by atoms with E-state index in [0.29, 0.717) is 5.69 Å². The summed E-state index contributed by atoms with van der Waals surface area (Å²) in [7, 11) is 0. The number of H-pyrrole nitrogens is 1. The maximum atomic E-state index is 11.4. The van der Waals surface area contributed by atoms with Gasteiger partial charge in [0, 0.05) is 17.2 Å². The number of hydrogen-bond donors (Lipinski definition) is 3. The van der Waals surface area contributed by atoms with Crippen molar-refractivity contribution >= 4 is 27.8 Å². The fraction of sp³-hybridized carbons (Fsp3) is 0.333. The lowest BCUT2D eigenvalue weighted by molar-refractivity contribution is -0.140. The third kappa shape index (κ3) is 3.39. The lowest BCUT2D eigenvalue weighted by atomic mass is 10.2. The lowest BCUT2D eigenvalue weighted by Gasteiger charge is -2.06. The summed E-state index contributed by atoms with van der Waals surface area (Å²) in [6, 6.07) is 1.63. The first-order valence-electron chi connectivity index (χ1n) is 4.35. The monoisotopic (exact) mass is 274 g/mol. The normalized spacial score (nSPS) is 12.1. The molecule has 5 nitrogen and oxygen atoms in total. The Hall–Kier alpha value is -1.30. The molecular weight excluding hydrogens is 264 g/mol. The molecular formula is C9H11BrN2O3. The molecule has 0 saturated heterocycles. The molecule has 0 saturated carbocycles. The fourth-order valence-corrected chi connectivity index (χ4v) is 1.27. The zero-order valence-electron chi connectivity index (χ0n) is 8.08. The van der Waals surface area contributed by atoms with Gasteiger partial charge >= 0.3 is 5.97 Å². The summed E-state index contributed by atoms with van der Waals surface area (Å²) in [5, 5.41) is 11.1. The van der Waals surface area contributed by atoms with E-state index in [0.717, 1.165) is 4.47 Å². The summed E-state index contributed by atoms with van der Waals surface area (Å²) >= 11 is 3.20. The molecule has 1 rings (SSSR count). The Balaban J connectivity index is 2.47. The number of amides is 1. The Morgan fingerprint density at radius 2 is 2.33 bits per heavy atom. The lowest BCUT2D eigenvalue weighted by Crippen LogP contribution is -2.31. The minimum absolute atomic E-state index is 0.116. The van der Waals surface area contributed by atoms with Crippen molar-refractivity contribution < 1.29 is 14.7 Å². The molecule has 0 bridgehead atoms. The third-order valence-electron chi connectivity index (χ3n) is 1.88. The van der Waals surface area contributed by atoms with E-state index >= 15 is 0 Å². The molecule has 0 fully saturated rings. The second-order valence-corrected chi connectivity index (χ2v) is 4.10. The standard InChI is InChI=1S/C9H11BrN2O3/c1-5(9(14)15)3-12-8(13)7-2-6(10)4-11-7/h2,4-5,11H,3H2,1H3,(H,12,13)(H,14,15)/t5-/m0/s1. The van der Waals surface area contributed by atoms with Gasteiger partial charge in [-0.2, -0.15) is 0 Å². The number of halogens is 1. The number of carboxylic acid groups (broad SMARTS) is 1. The maximum absolute atomic E-state index is 11.4. The van der Waals surface area contributed by atoms with Gasteiger partial charge in [-0.25, -0.2) is 0 Å². The summed E-state index contributed by atoms with van der Waals surface area (Å²) in [5.74, 6) is -1.83. The predicted molar refractivity (Wildman–Crippen MR) is 57.6 cm³/mol. The van der Waals surface area contributed by atoms with Gasteiger partial charge in [-0.3, -0.25) is 9.59 Å². The van der Waals surface area contributed by atoms with E-state index in [2.05, 4.69) is 26.2 Å². The minimum Gasteiger partial charge on any atom is -0.481 e. The van der Waals surface area contributed by atoms with Crippen molar-refractivity contribution in [1.82, 2.24) is 10.3 Å². The van der Waals surface area contributed by atoms with Crippen LogP contribution in [0.1, 0.15) is 17.4 Å². The van der Waals surface area contributed by atoms with Gasteiger partial charge in [0.25, 0.3) is 5.91 Å². The molecule has 1 aromatic rings. The van der Waals surface area contributed by atoms with E-state index in [1.807, 2.05) is 0 Å². The molecule has 1 heterocycles. The molecule has 82 valence electrons. The molecule has 0 aliphatic heterocycles. The Morgan fingerprint density at radius 3 is 2.80 bits per heavy atom.